The summed E-state index contributed by atoms with van der Waals surface area (Å²) in [5.41, 5.74) is 0.673. The summed E-state index contributed by atoms with van der Waals surface area (Å²) >= 11 is 3.22. The lowest BCUT2D eigenvalue weighted by Crippen LogP contribution is -2.31. The third kappa shape index (κ3) is 4.44. The van der Waals surface area contributed by atoms with Gasteiger partial charge in [-0.2, -0.15) is 0 Å². The van der Waals surface area contributed by atoms with Gasteiger partial charge in [0.1, 0.15) is 0 Å². The van der Waals surface area contributed by atoms with Gasteiger partial charge in [-0.25, -0.2) is 8.42 Å². The summed E-state index contributed by atoms with van der Waals surface area (Å²) in [7, 11) is 2.99. The molecule has 5 nitrogen and oxygen atoms in total. The van der Waals surface area contributed by atoms with Gasteiger partial charge in [0.05, 0.1) is 11.0 Å². The molecule has 1 N–H and O–H groups in total. The fourth-order valence-corrected chi connectivity index (χ4v) is 3.28. The molecular weight excluding hydrogens is 370 g/mol. The molecule has 0 fully saturated rings. The van der Waals surface area contributed by atoms with Crippen LogP contribution in [0.3, 0.4) is 0 Å². The maximum Gasteiger partial charge on any atom is 0.261 e. The van der Waals surface area contributed by atoms with Crippen LogP contribution in [0.1, 0.15) is 22.8 Å². The van der Waals surface area contributed by atoms with Crippen LogP contribution in [-0.2, 0) is 13.8 Å². The maximum atomic E-state index is 12.0. The minimum Gasteiger partial charge on any atom is -0.380 e. The zero-order chi connectivity index (χ0) is 15.5. The predicted octanol–water partition coefficient (Wildman–Crippen LogP) is 2.45. The fourth-order valence-electron chi connectivity index (χ4n) is 1.46. The first kappa shape index (κ1) is 17.4. The van der Waals surface area contributed by atoms with Crippen molar-refractivity contribution >= 4 is 41.6 Å². The Morgan fingerprint density at radius 1 is 1.50 bits per heavy atom. The molecule has 0 aromatic heterocycles. The van der Waals surface area contributed by atoms with E-state index in [1.807, 2.05) is 0 Å². The van der Waals surface area contributed by atoms with Crippen molar-refractivity contribution in [2.45, 2.75) is 24.8 Å². The van der Waals surface area contributed by atoms with Crippen LogP contribution in [0.2, 0.25) is 0 Å². The lowest BCUT2D eigenvalue weighted by molar-refractivity contribution is 0.0870. The number of rotatable bonds is 5. The minimum atomic E-state index is -3.91. The van der Waals surface area contributed by atoms with Gasteiger partial charge >= 0.3 is 0 Å². The smallest absolute Gasteiger partial charge is 0.261 e. The zero-order valence-corrected chi connectivity index (χ0v) is 14.4. The molecule has 20 heavy (non-hydrogen) atoms. The Morgan fingerprint density at radius 3 is 2.60 bits per heavy atom. The molecule has 112 valence electrons. The number of carbonyl (C=O) groups is 1. The maximum absolute atomic E-state index is 12.0. The van der Waals surface area contributed by atoms with E-state index in [-0.39, 0.29) is 16.6 Å². The normalized spacial score (nSPS) is 13.1. The standard InChI is InChI=1S/C12H15BrClNO4S/c1-7(19-3)6-15-12(16)9-4-10(13)8(2)11(5-9)20(14,17)18/h4-5,7H,6H2,1-3H3,(H,15,16). The first-order valence-corrected chi connectivity index (χ1v) is 8.83. The molecule has 1 rings (SSSR count). The van der Waals surface area contributed by atoms with Crippen molar-refractivity contribution in [1.29, 1.82) is 0 Å². The first-order valence-electron chi connectivity index (χ1n) is 5.72. The molecular formula is C12H15BrClNO4S. The number of nitrogens with one attached hydrogen (secondary N) is 1. The van der Waals surface area contributed by atoms with Crippen molar-refractivity contribution in [3.05, 3.63) is 27.7 Å². The quantitative estimate of drug-likeness (QED) is 0.792. The second-order valence-corrected chi connectivity index (χ2v) is 7.66. The summed E-state index contributed by atoms with van der Waals surface area (Å²) in [4.78, 5) is 11.9. The van der Waals surface area contributed by atoms with Gasteiger partial charge in [0.2, 0.25) is 0 Å². The number of amides is 1. The van der Waals surface area contributed by atoms with Crippen LogP contribution >= 0.6 is 26.6 Å². The summed E-state index contributed by atoms with van der Waals surface area (Å²) in [6, 6.07) is 2.81. The molecule has 1 unspecified atom stereocenters. The number of hydrogen-bond donors (Lipinski definition) is 1. The highest BCUT2D eigenvalue weighted by molar-refractivity contribution is 9.10. The van der Waals surface area contributed by atoms with Crippen LogP contribution < -0.4 is 5.32 Å². The molecule has 0 radical (unpaired) electrons. The molecule has 0 bridgehead atoms. The SMILES string of the molecule is COC(C)CNC(=O)c1cc(Br)c(C)c(S(=O)(=O)Cl)c1. The summed E-state index contributed by atoms with van der Waals surface area (Å²) in [5.74, 6) is -0.392. The van der Waals surface area contributed by atoms with Crippen LogP contribution in [0.15, 0.2) is 21.5 Å². The van der Waals surface area contributed by atoms with Gasteiger partial charge in [0, 0.05) is 34.4 Å². The molecule has 0 heterocycles. The third-order valence-corrected chi connectivity index (χ3v) is 5.05. The monoisotopic (exact) mass is 383 g/mol. The average Bonchev–Trinajstić information content (AvgIpc) is 2.36. The van der Waals surface area contributed by atoms with Gasteiger partial charge in [-0.05, 0) is 31.5 Å². The Hall–Kier alpha value is -0.630. The van der Waals surface area contributed by atoms with Gasteiger partial charge in [0.25, 0.3) is 15.0 Å². The van der Waals surface area contributed by atoms with Crippen molar-refractivity contribution in [1.82, 2.24) is 5.32 Å². The zero-order valence-electron chi connectivity index (χ0n) is 11.2. The van der Waals surface area contributed by atoms with Crippen molar-refractivity contribution in [2.75, 3.05) is 13.7 Å². The molecule has 0 spiro atoms. The molecule has 1 aromatic rings. The van der Waals surface area contributed by atoms with Crippen LogP contribution in [0.5, 0.6) is 0 Å². The Balaban J connectivity index is 3.09. The van der Waals surface area contributed by atoms with Crippen LogP contribution in [0.25, 0.3) is 0 Å². The highest BCUT2D eigenvalue weighted by Crippen LogP contribution is 2.28. The first-order chi connectivity index (χ1) is 9.16. The van der Waals surface area contributed by atoms with Gasteiger partial charge < -0.3 is 10.1 Å². The molecule has 0 aliphatic carbocycles. The Bertz CT molecular complexity index is 618. The van der Waals surface area contributed by atoms with Crippen LogP contribution in [0, 0.1) is 6.92 Å². The highest BCUT2D eigenvalue weighted by atomic mass is 79.9. The minimum absolute atomic E-state index is 0.0847. The molecule has 0 saturated carbocycles. The average molecular weight is 385 g/mol. The van der Waals surface area contributed by atoms with E-state index in [1.165, 1.54) is 13.2 Å². The van der Waals surface area contributed by atoms with E-state index in [1.54, 1.807) is 19.9 Å². The number of carbonyl (C=O) groups excluding carboxylic acids is 1. The van der Waals surface area contributed by atoms with Crippen LogP contribution in [-0.4, -0.2) is 34.1 Å². The predicted molar refractivity (Wildman–Crippen MR) is 80.7 cm³/mol. The lowest BCUT2D eigenvalue weighted by atomic mass is 10.1. The van der Waals surface area contributed by atoms with Crippen molar-refractivity contribution < 1.29 is 17.9 Å². The van der Waals surface area contributed by atoms with Gasteiger partial charge in [0.15, 0.2) is 0 Å². The number of methoxy groups -OCH3 is 1. The molecule has 1 aromatic carbocycles. The topological polar surface area (TPSA) is 72.5 Å². The largest absolute Gasteiger partial charge is 0.380 e. The molecule has 0 aliphatic heterocycles. The molecule has 0 aliphatic rings. The second kappa shape index (κ2) is 6.89. The van der Waals surface area contributed by atoms with Crippen molar-refractivity contribution in [2.24, 2.45) is 0 Å². The van der Waals surface area contributed by atoms with Crippen LogP contribution in [0.4, 0.5) is 0 Å². The molecule has 1 amide bonds. The summed E-state index contributed by atoms with van der Waals surface area (Å²) < 4.78 is 28.5. The highest BCUT2D eigenvalue weighted by Gasteiger charge is 2.19. The van der Waals surface area contributed by atoms with E-state index in [4.69, 9.17) is 15.4 Å². The van der Waals surface area contributed by atoms with Crippen molar-refractivity contribution in [3.63, 3.8) is 0 Å². The molecule has 1 atom stereocenters. The van der Waals surface area contributed by atoms with E-state index >= 15 is 0 Å². The number of hydrogen-bond acceptors (Lipinski definition) is 4. The Kier molecular flexibility index (Phi) is 6.00. The van der Waals surface area contributed by atoms with E-state index < -0.39 is 15.0 Å². The van der Waals surface area contributed by atoms with Gasteiger partial charge in [-0.15, -0.1) is 0 Å². The van der Waals surface area contributed by atoms with E-state index in [2.05, 4.69) is 21.2 Å². The second-order valence-electron chi connectivity index (χ2n) is 4.28. The summed E-state index contributed by atoms with van der Waals surface area (Å²) in [6.07, 6.45) is -0.135. The summed E-state index contributed by atoms with van der Waals surface area (Å²) in [5, 5.41) is 2.65. The Labute approximate surface area is 131 Å². The lowest BCUT2D eigenvalue weighted by Gasteiger charge is -2.12. The summed E-state index contributed by atoms with van der Waals surface area (Å²) in [6.45, 7) is 3.73. The number of benzene rings is 1. The fraction of sp³-hybridized carbons (Fsp3) is 0.417. The Morgan fingerprint density at radius 2 is 2.10 bits per heavy atom. The molecule has 0 saturated heterocycles. The molecule has 8 heteroatoms. The van der Waals surface area contributed by atoms with Gasteiger partial charge in [-0.3, -0.25) is 4.79 Å². The number of ether oxygens (including phenoxy) is 1. The van der Waals surface area contributed by atoms with E-state index in [9.17, 15) is 13.2 Å². The van der Waals surface area contributed by atoms with Gasteiger partial charge in [-0.1, -0.05) is 15.9 Å². The van der Waals surface area contributed by atoms with E-state index in [0.29, 0.717) is 16.6 Å². The third-order valence-electron chi connectivity index (χ3n) is 2.77. The van der Waals surface area contributed by atoms with E-state index in [0.717, 1.165) is 0 Å². The van der Waals surface area contributed by atoms with Crippen molar-refractivity contribution in [3.8, 4) is 0 Å². The number of halogens is 2.